The van der Waals surface area contributed by atoms with E-state index in [1.807, 2.05) is 29.5 Å². The van der Waals surface area contributed by atoms with Crippen molar-refractivity contribution in [2.24, 2.45) is 5.92 Å². The summed E-state index contributed by atoms with van der Waals surface area (Å²) in [5, 5.41) is 11.8. The zero-order valence-electron chi connectivity index (χ0n) is 9.13. The highest BCUT2D eigenvalue weighted by molar-refractivity contribution is 14.1. The molecule has 0 aliphatic carbocycles. The van der Waals surface area contributed by atoms with Gasteiger partial charge in [0.1, 0.15) is 5.82 Å². The van der Waals surface area contributed by atoms with E-state index >= 15 is 0 Å². The predicted molar refractivity (Wildman–Crippen MR) is 72.9 cm³/mol. The van der Waals surface area contributed by atoms with Crippen LogP contribution in [0.2, 0.25) is 0 Å². The number of rotatable bonds is 5. The van der Waals surface area contributed by atoms with E-state index in [2.05, 4.69) is 5.32 Å². The van der Waals surface area contributed by atoms with Gasteiger partial charge in [-0.05, 0) is 41.0 Å². The average molecular weight is 338 g/mol. The maximum atomic E-state index is 13.3. The predicted octanol–water partition coefficient (Wildman–Crippen LogP) is 2.44. The van der Waals surface area contributed by atoms with Crippen LogP contribution in [0.4, 0.5) is 15.8 Å². The fourth-order valence-electron chi connectivity index (χ4n) is 1.32. The normalized spacial score (nSPS) is 12.5. The van der Waals surface area contributed by atoms with Gasteiger partial charge in [0, 0.05) is 19.2 Å². The second-order valence-corrected chi connectivity index (χ2v) is 5.01. The summed E-state index contributed by atoms with van der Waals surface area (Å²) in [6.45, 7) is 2.85. The van der Waals surface area contributed by atoms with E-state index in [4.69, 9.17) is 10.8 Å². The van der Waals surface area contributed by atoms with Gasteiger partial charge in [-0.25, -0.2) is 4.39 Å². The fourth-order valence-corrected chi connectivity index (χ4v) is 1.81. The molecule has 0 radical (unpaired) electrons. The summed E-state index contributed by atoms with van der Waals surface area (Å²) in [4.78, 5) is 0. The van der Waals surface area contributed by atoms with Gasteiger partial charge in [-0.3, -0.25) is 0 Å². The van der Waals surface area contributed by atoms with Gasteiger partial charge in [-0.15, -0.1) is 0 Å². The summed E-state index contributed by atoms with van der Waals surface area (Å²) in [6, 6.07) is 3.01. The van der Waals surface area contributed by atoms with Crippen molar-refractivity contribution in [3.05, 3.63) is 21.5 Å². The number of aliphatic hydroxyl groups excluding tert-OH is 1. The van der Waals surface area contributed by atoms with Gasteiger partial charge in [-0.2, -0.15) is 0 Å². The number of nitrogens with one attached hydrogen (secondary N) is 1. The lowest BCUT2D eigenvalue weighted by Gasteiger charge is -2.14. The Morgan fingerprint density at radius 2 is 2.25 bits per heavy atom. The highest BCUT2D eigenvalue weighted by atomic mass is 127. The standard InChI is InChI=1S/C11H16FIN2O/c1-7(2-3-16)6-15-11-4-8(12)9(13)5-10(11)14/h4-5,7,15-16H,2-3,6,14H2,1H3. The third kappa shape index (κ3) is 3.79. The Bertz CT molecular complexity index is 360. The number of nitrogens with two attached hydrogens (primary N) is 1. The summed E-state index contributed by atoms with van der Waals surface area (Å²) in [6.07, 6.45) is 0.722. The first-order valence-electron chi connectivity index (χ1n) is 5.13. The number of hydrogen-bond donors (Lipinski definition) is 3. The van der Waals surface area contributed by atoms with E-state index < -0.39 is 0 Å². The SMILES string of the molecule is CC(CCO)CNc1cc(F)c(I)cc1N. The van der Waals surface area contributed by atoms with E-state index in [0.29, 0.717) is 27.4 Å². The quantitative estimate of drug-likeness (QED) is 0.571. The number of benzene rings is 1. The molecule has 90 valence electrons. The third-order valence-corrected chi connectivity index (χ3v) is 3.18. The highest BCUT2D eigenvalue weighted by Gasteiger charge is 2.07. The molecule has 1 aromatic carbocycles. The molecule has 16 heavy (non-hydrogen) atoms. The molecule has 1 rings (SSSR count). The largest absolute Gasteiger partial charge is 0.397 e. The minimum Gasteiger partial charge on any atom is -0.397 e. The second-order valence-electron chi connectivity index (χ2n) is 3.85. The Labute approximate surface area is 108 Å². The van der Waals surface area contributed by atoms with Crippen LogP contribution in [0.3, 0.4) is 0 Å². The number of hydrogen-bond acceptors (Lipinski definition) is 3. The number of anilines is 2. The summed E-state index contributed by atoms with van der Waals surface area (Å²) in [7, 11) is 0. The molecule has 5 heteroatoms. The lowest BCUT2D eigenvalue weighted by atomic mass is 10.1. The van der Waals surface area contributed by atoms with Gasteiger partial charge < -0.3 is 16.2 Å². The first kappa shape index (κ1) is 13.5. The van der Waals surface area contributed by atoms with Gasteiger partial charge in [-0.1, -0.05) is 6.92 Å². The van der Waals surface area contributed by atoms with E-state index in [1.54, 1.807) is 6.07 Å². The van der Waals surface area contributed by atoms with Crippen molar-refractivity contribution >= 4 is 34.0 Å². The van der Waals surface area contributed by atoms with Crippen LogP contribution in [0.25, 0.3) is 0 Å². The first-order chi connectivity index (χ1) is 7.54. The zero-order chi connectivity index (χ0) is 12.1. The topological polar surface area (TPSA) is 58.3 Å². The summed E-state index contributed by atoms with van der Waals surface area (Å²) in [5.74, 6) is 0.0545. The van der Waals surface area contributed by atoms with Crippen LogP contribution in [-0.2, 0) is 0 Å². The molecule has 3 nitrogen and oxygen atoms in total. The van der Waals surface area contributed by atoms with E-state index in [9.17, 15) is 4.39 Å². The van der Waals surface area contributed by atoms with Crippen molar-refractivity contribution in [3.63, 3.8) is 0 Å². The van der Waals surface area contributed by atoms with Crippen LogP contribution in [0.15, 0.2) is 12.1 Å². The number of halogens is 2. The molecule has 0 fully saturated rings. The molecule has 4 N–H and O–H groups in total. The molecular formula is C11H16FIN2O. The van der Waals surface area contributed by atoms with Crippen molar-refractivity contribution in [2.75, 3.05) is 24.2 Å². The van der Waals surface area contributed by atoms with Crippen LogP contribution in [0.5, 0.6) is 0 Å². The highest BCUT2D eigenvalue weighted by Crippen LogP contribution is 2.24. The Morgan fingerprint density at radius 1 is 1.56 bits per heavy atom. The average Bonchev–Trinajstić information content (AvgIpc) is 2.22. The lowest BCUT2D eigenvalue weighted by Crippen LogP contribution is -2.13. The third-order valence-electron chi connectivity index (χ3n) is 2.36. The zero-order valence-corrected chi connectivity index (χ0v) is 11.3. The smallest absolute Gasteiger partial charge is 0.138 e. The van der Waals surface area contributed by atoms with Crippen LogP contribution >= 0.6 is 22.6 Å². The summed E-state index contributed by atoms with van der Waals surface area (Å²) >= 11 is 1.91. The second kappa shape index (κ2) is 6.24. The van der Waals surface area contributed by atoms with Crippen LogP contribution in [0.1, 0.15) is 13.3 Å². The molecule has 0 bridgehead atoms. The Hall–Kier alpha value is -0.560. The van der Waals surface area contributed by atoms with Crippen molar-refractivity contribution < 1.29 is 9.50 Å². The van der Waals surface area contributed by atoms with E-state index in [0.717, 1.165) is 6.42 Å². The molecular weight excluding hydrogens is 322 g/mol. The molecule has 0 spiro atoms. The van der Waals surface area contributed by atoms with Crippen molar-refractivity contribution in [2.45, 2.75) is 13.3 Å². The van der Waals surface area contributed by atoms with Gasteiger partial charge in [0.2, 0.25) is 0 Å². The summed E-state index contributed by atoms with van der Waals surface area (Å²) < 4.78 is 13.8. The Balaban J connectivity index is 2.63. The molecule has 0 saturated carbocycles. The molecule has 0 heterocycles. The van der Waals surface area contributed by atoms with Gasteiger partial charge >= 0.3 is 0 Å². The molecule has 0 amide bonds. The number of nitrogen functional groups attached to an aromatic ring is 1. The van der Waals surface area contributed by atoms with Crippen molar-refractivity contribution in [3.8, 4) is 0 Å². The molecule has 0 aliphatic heterocycles. The Morgan fingerprint density at radius 3 is 2.88 bits per heavy atom. The van der Waals surface area contributed by atoms with E-state index in [1.165, 1.54) is 6.07 Å². The fraction of sp³-hybridized carbons (Fsp3) is 0.455. The number of aliphatic hydroxyl groups is 1. The van der Waals surface area contributed by atoms with Crippen LogP contribution in [-0.4, -0.2) is 18.3 Å². The molecule has 0 aromatic heterocycles. The van der Waals surface area contributed by atoms with Crippen LogP contribution in [0, 0.1) is 15.3 Å². The minimum atomic E-state index is -0.271. The van der Waals surface area contributed by atoms with Crippen molar-refractivity contribution in [1.82, 2.24) is 0 Å². The van der Waals surface area contributed by atoms with Gasteiger partial charge in [0.05, 0.1) is 14.9 Å². The minimum absolute atomic E-state index is 0.166. The molecule has 0 aliphatic rings. The molecule has 1 atom stereocenters. The van der Waals surface area contributed by atoms with Crippen molar-refractivity contribution in [1.29, 1.82) is 0 Å². The first-order valence-corrected chi connectivity index (χ1v) is 6.21. The van der Waals surface area contributed by atoms with Crippen LogP contribution < -0.4 is 11.1 Å². The lowest BCUT2D eigenvalue weighted by molar-refractivity contribution is 0.266. The maximum absolute atomic E-state index is 13.3. The van der Waals surface area contributed by atoms with E-state index in [-0.39, 0.29) is 12.4 Å². The Kier molecular flexibility index (Phi) is 5.27. The molecule has 1 aromatic rings. The maximum Gasteiger partial charge on any atom is 0.138 e. The van der Waals surface area contributed by atoms with Gasteiger partial charge in [0.25, 0.3) is 0 Å². The molecule has 1 unspecified atom stereocenters. The monoisotopic (exact) mass is 338 g/mol. The molecule has 0 saturated heterocycles. The summed E-state index contributed by atoms with van der Waals surface area (Å²) in [5.41, 5.74) is 6.92. The van der Waals surface area contributed by atoms with Gasteiger partial charge in [0.15, 0.2) is 0 Å².